The van der Waals surface area contributed by atoms with E-state index in [1.165, 1.54) is 29.2 Å². The Morgan fingerprint density at radius 3 is 2.38 bits per heavy atom. The van der Waals surface area contributed by atoms with E-state index < -0.39 is 22.7 Å². The predicted octanol–water partition coefficient (Wildman–Crippen LogP) is 5.50. The third-order valence-electron chi connectivity index (χ3n) is 6.65. The summed E-state index contributed by atoms with van der Waals surface area (Å²) >= 11 is 0. The van der Waals surface area contributed by atoms with Crippen molar-refractivity contribution in [1.29, 1.82) is 0 Å². The van der Waals surface area contributed by atoms with E-state index in [-0.39, 0.29) is 23.6 Å². The Hall–Kier alpha value is -5.31. The number of aliphatic hydroxyl groups is 1. The van der Waals surface area contributed by atoms with Crippen LogP contribution in [0.1, 0.15) is 33.9 Å². The lowest BCUT2D eigenvalue weighted by Crippen LogP contribution is -2.29. The van der Waals surface area contributed by atoms with Gasteiger partial charge in [0.1, 0.15) is 18.1 Å². The molecule has 0 bridgehead atoms. The van der Waals surface area contributed by atoms with Gasteiger partial charge in [-0.3, -0.25) is 24.7 Å². The Morgan fingerprint density at radius 2 is 1.73 bits per heavy atom. The topological polar surface area (TPSA) is 123 Å². The molecule has 1 amide bonds. The first-order valence-electron chi connectivity index (χ1n) is 12.5. The summed E-state index contributed by atoms with van der Waals surface area (Å²) in [4.78, 5) is 42.5. The Balaban J connectivity index is 1.48. The third-order valence-corrected chi connectivity index (χ3v) is 6.65. The molecule has 0 saturated carbocycles. The van der Waals surface area contributed by atoms with E-state index in [1.807, 2.05) is 31.2 Å². The number of nitrogens with zero attached hydrogens (tertiary/aromatic N) is 3. The van der Waals surface area contributed by atoms with Crippen molar-refractivity contribution >= 4 is 23.1 Å². The van der Waals surface area contributed by atoms with E-state index in [4.69, 9.17) is 4.74 Å². The maximum atomic E-state index is 13.3. The van der Waals surface area contributed by atoms with Crippen LogP contribution in [-0.2, 0) is 22.7 Å². The number of Topliss-reactive ketones (excluding diaryl/α,β-unsaturated/α-hetero) is 1. The number of carbonyl (C=O) groups excluding carboxylic acids is 2. The van der Waals surface area contributed by atoms with Gasteiger partial charge in [0.05, 0.1) is 16.5 Å². The third kappa shape index (κ3) is 5.44. The lowest BCUT2D eigenvalue weighted by molar-refractivity contribution is -0.384. The number of hydrogen-bond donors (Lipinski definition) is 1. The molecule has 1 aromatic heterocycles. The zero-order chi connectivity index (χ0) is 28.2. The minimum atomic E-state index is -0.960. The van der Waals surface area contributed by atoms with Crippen LogP contribution in [0.3, 0.4) is 0 Å². The lowest BCUT2D eigenvalue weighted by Gasteiger charge is -2.25. The SMILES string of the molecule is Cc1cccc(COc2ccc(C(O)=C3C(=O)C(=O)N(Cc4cccnc4)[C@H]3c3ccc([N+](=O)[O-])cc3)cc2)c1. The maximum absolute atomic E-state index is 13.3. The molecule has 2 heterocycles. The molecule has 0 radical (unpaired) electrons. The van der Waals surface area contributed by atoms with Gasteiger partial charge in [0.15, 0.2) is 0 Å². The van der Waals surface area contributed by atoms with Gasteiger partial charge in [0, 0.05) is 36.6 Å². The molecule has 4 aromatic rings. The quantitative estimate of drug-likeness (QED) is 0.104. The Bertz CT molecular complexity index is 1600. The fourth-order valence-electron chi connectivity index (χ4n) is 4.69. The molecule has 1 aliphatic rings. The molecule has 9 heteroatoms. The van der Waals surface area contributed by atoms with Crippen molar-refractivity contribution < 1.29 is 24.4 Å². The number of pyridine rings is 1. The first kappa shape index (κ1) is 26.3. The van der Waals surface area contributed by atoms with Crippen molar-refractivity contribution in [2.45, 2.75) is 26.1 Å². The van der Waals surface area contributed by atoms with Crippen molar-refractivity contribution in [2.75, 3.05) is 0 Å². The fourth-order valence-corrected chi connectivity index (χ4v) is 4.69. The minimum absolute atomic E-state index is 0.0581. The molecule has 1 fully saturated rings. The number of nitro benzene ring substituents is 1. The van der Waals surface area contributed by atoms with E-state index in [0.717, 1.165) is 11.1 Å². The van der Waals surface area contributed by atoms with Crippen molar-refractivity contribution in [2.24, 2.45) is 0 Å². The molecule has 1 N–H and O–H groups in total. The standard InChI is InChI=1S/C31H25N3O6/c1-20-4-2-5-21(16-20)19-40-26-13-9-24(10-14-26)29(35)27-28(23-7-11-25(12-8-23)34(38)39)33(31(37)30(27)36)18-22-6-3-15-32-17-22/h2-17,28,35H,18-19H2,1H3/t28-/m0/s1. The van der Waals surface area contributed by atoms with Crippen LogP contribution in [-0.4, -0.2) is 31.6 Å². The molecule has 1 atom stereocenters. The first-order valence-corrected chi connectivity index (χ1v) is 12.5. The molecule has 3 aromatic carbocycles. The molecule has 0 aliphatic carbocycles. The average Bonchev–Trinajstić information content (AvgIpc) is 3.21. The molecule has 200 valence electrons. The number of rotatable bonds is 8. The molecule has 1 saturated heterocycles. The molecule has 1 aliphatic heterocycles. The van der Waals surface area contributed by atoms with E-state index in [1.54, 1.807) is 48.8 Å². The largest absolute Gasteiger partial charge is 0.507 e. The summed E-state index contributed by atoms with van der Waals surface area (Å²) in [5.74, 6) is -1.40. The first-order chi connectivity index (χ1) is 19.3. The van der Waals surface area contributed by atoms with Gasteiger partial charge >= 0.3 is 0 Å². The van der Waals surface area contributed by atoms with Crippen LogP contribution in [0.2, 0.25) is 0 Å². The highest BCUT2D eigenvalue weighted by Crippen LogP contribution is 2.40. The number of amides is 1. The highest BCUT2D eigenvalue weighted by molar-refractivity contribution is 6.46. The fraction of sp³-hybridized carbons (Fsp3) is 0.129. The molecule has 0 spiro atoms. The Kier molecular flexibility index (Phi) is 7.37. The van der Waals surface area contributed by atoms with E-state index in [0.29, 0.717) is 29.0 Å². The van der Waals surface area contributed by atoms with Crippen molar-refractivity contribution in [1.82, 2.24) is 9.88 Å². The molecular weight excluding hydrogens is 510 g/mol. The van der Waals surface area contributed by atoms with E-state index in [2.05, 4.69) is 4.98 Å². The molecule has 5 rings (SSSR count). The number of carbonyl (C=O) groups is 2. The minimum Gasteiger partial charge on any atom is -0.507 e. The summed E-state index contributed by atoms with van der Waals surface area (Å²) in [6.45, 7) is 2.43. The number of likely N-dealkylation sites (tertiary alicyclic amines) is 1. The number of ketones is 1. The van der Waals surface area contributed by atoms with Gasteiger partial charge in [-0.15, -0.1) is 0 Å². The smallest absolute Gasteiger partial charge is 0.295 e. The van der Waals surface area contributed by atoms with Gasteiger partial charge in [-0.2, -0.15) is 0 Å². The molecule has 40 heavy (non-hydrogen) atoms. The van der Waals surface area contributed by atoms with Crippen LogP contribution >= 0.6 is 0 Å². The molecule has 9 nitrogen and oxygen atoms in total. The van der Waals surface area contributed by atoms with Gasteiger partial charge in [-0.25, -0.2) is 0 Å². The Morgan fingerprint density at radius 1 is 1.00 bits per heavy atom. The van der Waals surface area contributed by atoms with Crippen LogP contribution in [0, 0.1) is 17.0 Å². The monoisotopic (exact) mass is 535 g/mol. The van der Waals surface area contributed by atoms with E-state index in [9.17, 15) is 24.8 Å². The van der Waals surface area contributed by atoms with Crippen molar-refractivity contribution in [3.63, 3.8) is 0 Å². The van der Waals surface area contributed by atoms with Gasteiger partial charge in [-0.1, -0.05) is 35.9 Å². The van der Waals surface area contributed by atoms with Crippen LogP contribution in [0.25, 0.3) is 5.76 Å². The summed E-state index contributed by atoms with van der Waals surface area (Å²) in [6.07, 6.45) is 3.18. The molecular formula is C31H25N3O6. The zero-order valence-corrected chi connectivity index (χ0v) is 21.6. The normalized spacial score (nSPS) is 16.2. The summed E-state index contributed by atoms with van der Waals surface area (Å²) < 4.78 is 5.86. The van der Waals surface area contributed by atoms with Gasteiger partial charge in [-0.05, 0) is 66.1 Å². The van der Waals surface area contributed by atoms with Gasteiger partial charge in [0.2, 0.25) is 0 Å². The zero-order valence-electron chi connectivity index (χ0n) is 21.6. The number of hydrogen-bond acceptors (Lipinski definition) is 7. The van der Waals surface area contributed by atoms with Gasteiger partial charge in [0.25, 0.3) is 17.4 Å². The number of benzene rings is 3. The molecule has 0 unspecified atom stereocenters. The summed E-state index contributed by atoms with van der Waals surface area (Å²) in [5.41, 5.74) is 3.38. The number of aliphatic hydroxyl groups excluding tert-OH is 1. The van der Waals surface area contributed by atoms with Crippen LogP contribution in [0.5, 0.6) is 5.75 Å². The number of non-ortho nitro benzene ring substituents is 1. The Labute approximate surface area is 230 Å². The second-order valence-electron chi connectivity index (χ2n) is 9.44. The number of aryl methyl sites for hydroxylation is 1. The predicted molar refractivity (Wildman–Crippen MR) is 147 cm³/mol. The number of nitro groups is 1. The van der Waals surface area contributed by atoms with Crippen molar-refractivity contribution in [3.8, 4) is 5.75 Å². The van der Waals surface area contributed by atoms with E-state index >= 15 is 0 Å². The van der Waals surface area contributed by atoms with Crippen molar-refractivity contribution in [3.05, 3.63) is 141 Å². The second kappa shape index (κ2) is 11.2. The van der Waals surface area contributed by atoms with Gasteiger partial charge < -0.3 is 14.7 Å². The highest BCUT2D eigenvalue weighted by atomic mass is 16.6. The number of aromatic nitrogens is 1. The summed E-state index contributed by atoms with van der Waals surface area (Å²) in [6, 6.07) is 22.7. The van der Waals surface area contributed by atoms with Crippen LogP contribution in [0.4, 0.5) is 5.69 Å². The lowest BCUT2D eigenvalue weighted by atomic mass is 9.95. The average molecular weight is 536 g/mol. The highest BCUT2D eigenvalue weighted by Gasteiger charge is 2.46. The van der Waals surface area contributed by atoms with Crippen LogP contribution < -0.4 is 4.74 Å². The number of ether oxygens (including phenoxy) is 1. The second-order valence-corrected chi connectivity index (χ2v) is 9.44. The summed E-state index contributed by atoms with van der Waals surface area (Å²) in [5, 5.41) is 22.5. The van der Waals surface area contributed by atoms with Crippen LogP contribution in [0.15, 0.2) is 103 Å². The maximum Gasteiger partial charge on any atom is 0.295 e. The summed E-state index contributed by atoms with van der Waals surface area (Å²) in [7, 11) is 0.